The molecule has 6 heteroatoms. The molecule has 0 saturated heterocycles. The van der Waals surface area contributed by atoms with E-state index in [9.17, 15) is 9.59 Å². The first kappa shape index (κ1) is 15.2. The van der Waals surface area contributed by atoms with Crippen molar-refractivity contribution in [3.63, 3.8) is 0 Å². The van der Waals surface area contributed by atoms with Crippen molar-refractivity contribution >= 4 is 35.2 Å². The number of benzene rings is 1. The van der Waals surface area contributed by atoms with E-state index in [1.807, 2.05) is 24.3 Å². The van der Waals surface area contributed by atoms with Gasteiger partial charge in [-0.25, -0.2) is 0 Å². The molecular formula is C14H16ClNO3S. The van der Waals surface area contributed by atoms with E-state index in [1.54, 1.807) is 0 Å². The Morgan fingerprint density at radius 3 is 2.95 bits per heavy atom. The van der Waals surface area contributed by atoms with Crippen LogP contribution < -0.4 is 5.32 Å². The smallest absolute Gasteiger partial charge is 0.313 e. The maximum Gasteiger partial charge on any atom is 0.313 e. The monoisotopic (exact) mass is 313 g/mol. The molecule has 4 nitrogen and oxygen atoms in total. The average molecular weight is 314 g/mol. The third-order valence-electron chi connectivity index (χ3n) is 3.18. The van der Waals surface area contributed by atoms with Crippen LogP contribution in [0.2, 0.25) is 5.02 Å². The summed E-state index contributed by atoms with van der Waals surface area (Å²) >= 11 is 7.24. The zero-order valence-corrected chi connectivity index (χ0v) is 12.4. The van der Waals surface area contributed by atoms with Gasteiger partial charge in [0.2, 0.25) is 5.91 Å². The molecule has 0 heterocycles. The summed E-state index contributed by atoms with van der Waals surface area (Å²) in [5, 5.41) is 12.0. The number of aliphatic carboxylic acids is 1. The lowest BCUT2D eigenvalue weighted by Gasteiger charge is -2.04. The third-order valence-corrected chi connectivity index (χ3v) is 4.35. The second-order valence-electron chi connectivity index (χ2n) is 4.74. The summed E-state index contributed by atoms with van der Waals surface area (Å²) in [6.07, 6.45) is 0.856. The molecule has 1 aromatic carbocycles. The van der Waals surface area contributed by atoms with Gasteiger partial charge < -0.3 is 10.4 Å². The van der Waals surface area contributed by atoms with Gasteiger partial charge in [0.1, 0.15) is 0 Å². The van der Waals surface area contributed by atoms with Crippen LogP contribution in [0.3, 0.4) is 0 Å². The van der Waals surface area contributed by atoms with Crippen LogP contribution >= 0.6 is 23.4 Å². The van der Waals surface area contributed by atoms with Gasteiger partial charge in [-0.3, -0.25) is 9.59 Å². The molecule has 0 aromatic heterocycles. The molecular weight excluding hydrogens is 298 g/mol. The number of thioether (sulfide) groups is 1. The summed E-state index contributed by atoms with van der Waals surface area (Å²) < 4.78 is 0. The number of hydrogen-bond donors (Lipinski definition) is 2. The van der Waals surface area contributed by atoms with Crippen LogP contribution in [0.15, 0.2) is 24.3 Å². The molecule has 1 aromatic rings. The Labute approximate surface area is 126 Å². The van der Waals surface area contributed by atoms with Crippen molar-refractivity contribution in [1.29, 1.82) is 0 Å². The normalized spacial score (nSPS) is 20.4. The number of amides is 1. The molecule has 2 rings (SSSR count). The highest BCUT2D eigenvalue weighted by molar-refractivity contribution is 7.99. The second kappa shape index (κ2) is 6.99. The van der Waals surface area contributed by atoms with Gasteiger partial charge in [0.25, 0.3) is 0 Å². The summed E-state index contributed by atoms with van der Waals surface area (Å²) in [5.74, 6) is 0.200. The number of carbonyl (C=O) groups excluding carboxylic acids is 1. The van der Waals surface area contributed by atoms with E-state index in [2.05, 4.69) is 5.32 Å². The highest BCUT2D eigenvalue weighted by atomic mass is 35.5. The van der Waals surface area contributed by atoms with Crippen molar-refractivity contribution in [2.75, 3.05) is 18.1 Å². The fourth-order valence-corrected chi connectivity index (χ4v) is 2.89. The van der Waals surface area contributed by atoms with Gasteiger partial charge in [-0.05, 0) is 30.0 Å². The lowest BCUT2D eigenvalue weighted by atomic mass is 10.1. The Kier molecular flexibility index (Phi) is 5.31. The van der Waals surface area contributed by atoms with E-state index in [-0.39, 0.29) is 23.5 Å². The SMILES string of the molecule is O=C(O)CSCCNC(=O)C1CC1c1cccc(Cl)c1. The van der Waals surface area contributed by atoms with Crippen molar-refractivity contribution in [2.24, 2.45) is 5.92 Å². The predicted molar refractivity (Wildman–Crippen MR) is 80.3 cm³/mol. The molecule has 2 unspecified atom stereocenters. The Bertz CT molecular complexity index is 509. The second-order valence-corrected chi connectivity index (χ2v) is 6.28. The Hall–Kier alpha value is -1.20. The van der Waals surface area contributed by atoms with Gasteiger partial charge in [0, 0.05) is 23.2 Å². The highest BCUT2D eigenvalue weighted by Crippen LogP contribution is 2.47. The van der Waals surface area contributed by atoms with Crippen LogP contribution in [0.5, 0.6) is 0 Å². The minimum atomic E-state index is -0.829. The van der Waals surface area contributed by atoms with Gasteiger partial charge in [-0.15, -0.1) is 11.8 Å². The molecule has 0 radical (unpaired) electrons. The molecule has 1 fully saturated rings. The molecule has 1 amide bonds. The summed E-state index contributed by atoms with van der Waals surface area (Å²) in [6.45, 7) is 0.509. The summed E-state index contributed by atoms with van der Waals surface area (Å²) in [6, 6.07) is 7.62. The van der Waals surface area contributed by atoms with Gasteiger partial charge in [-0.1, -0.05) is 23.7 Å². The van der Waals surface area contributed by atoms with Crippen molar-refractivity contribution < 1.29 is 14.7 Å². The molecule has 0 bridgehead atoms. The Morgan fingerprint density at radius 2 is 2.25 bits per heavy atom. The van der Waals surface area contributed by atoms with Crippen LogP contribution in [0.1, 0.15) is 17.9 Å². The Balaban J connectivity index is 1.69. The maximum absolute atomic E-state index is 11.9. The first-order valence-corrected chi connectivity index (χ1v) is 7.94. The summed E-state index contributed by atoms with van der Waals surface area (Å²) in [7, 11) is 0. The maximum atomic E-state index is 11.9. The summed E-state index contributed by atoms with van der Waals surface area (Å²) in [4.78, 5) is 22.2. The molecule has 1 saturated carbocycles. The molecule has 2 N–H and O–H groups in total. The van der Waals surface area contributed by atoms with E-state index in [0.717, 1.165) is 12.0 Å². The largest absolute Gasteiger partial charge is 0.481 e. The number of halogens is 1. The van der Waals surface area contributed by atoms with Crippen molar-refractivity contribution in [3.05, 3.63) is 34.9 Å². The number of carbonyl (C=O) groups is 2. The van der Waals surface area contributed by atoms with E-state index >= 15 is 0 Å². The number of nitrogens with one attached hydrogen (secondary N) is 1. The van der Waals surface area contributed by atoms with Crippen LogP contribution in [0.25, 0.3) is 0 Å². The first-order valence-electron chi connectivity index (χ1n) is 6.40. The van der Waals surface area contributed by atoms with Crippen molar-refractivity contribution in [1.82, 2.24) is 5.32 Å². The standard InChI is InChI=1S/C14H16ClNO3S/c15-10-3-1-2-9(6-10)11-7-12(11)14(19)16-4-5-20-8-13(17)18/h1-3,6,11-12H,4-5,7-8H2,(H,16,19)(H,17,18). The quantitative estimate of drug-likeness (QED) is 0.759. The van der Waals surface area contributed by atoms with Crippen LogP contribution in [0.4, 0.5) is 0 Å². The third kappa shape index (κ3) is 4.42. The first-order chi connectivity index (χ1) is 9.58. The van der Waals surface area contributed by atoms with E-state index in [0.29, 0.717) is 17.3 Å². The molecule has 1 aliphatic rings. The van der Waals surface area contributed by atoms with E-state index in [1.165, 1.54) is 11.8 Å². The highest BCUT2D eigenvalue weighted by Gasteiger charge is 2.43. The fourth-order valence-electron chi connectivity index (χ4n) is 2.13. The van der Waals surface area contributed by atoms with Crippen molar-refractivity contribution in [2.45, 2.75) is 12.3 Å². The molecule has 0 spiro atoms. The average Bonchev–Trinajstić information content (AvgIpc) is 3.18. The number of carboxylic acid groups (broad SMARTS) is 1. The Morgan fingerprint density at radius 1 is 1.45 bits per heavy atom. The van der Waals surface area contributed by atoms with Crippen LogP contribution in [0, 0.1) is 5.92 Å². The lowest BCUT2D eigenvalue weighted by Crippen LogP contribution is -2.27. The van der Waals surface area contributed by atoms with Gasteiger partial charge in [0.15, 0.2) is 0 Å². The number of hydrogen-bond acceptors (Lipinski definition) is 3. The number of rotatable bonds is 7. The summed E-state index contributed by atoms with van der Waals surface area (Å²) in [5.41, 5.74) is 1.11. The molecule has 2 atom stereocenters. The molecule has 0 aliphatic heterocycles. The predicted octanol–water partition coefficient (Wildman–Crippen LogP) is 2.38. The van der Waals surface area contributed by atoms with Gasteiger partial charge >= 0.3 is 5.97 Å². The van der Waals surface area contributed by atoms with Crippen LogP contribution in [-0.2, 0) is 9.59 Å². The zero-order chi connectivity index (χ0) is 14.5. The van der Waals surface area contributed by atoms with Crippen molar-refractivity contribution in [3.8, 4) is 0 Å². The topological polar surface area (TPSA) is 66.4 Å². The lowest BCUT2D eigenvalue weighted by molar-refractivity contribution is -0.133. The minimum absolute atomic E-state index is 0.0259. The van der Waals surface area contributed by atoms with E-state index in [4.69, 9.17) is 16.7 Å². The minimum Gasteiger partial charge on any atom is -0.481 e. The zero-order valence-electron chi connectivity index (χ0n) is 10.8. The fraction of sp³-hybridized carbons (Fsp3) is 0.429. The van der Waals surface area contributed by atoms with Gasteiger partial charge in [-0.2, -0.15) is 0 Å². The molecule has 20 heavy (non-hydrogen) atoms. The van der Waals surface area contributed by atoms with Crippen LogP contribution in [-0.4, -0.2) is 35.0 Å². The number of carboxylic acids is 1. The van der Waals surface area contributed by atoms with Gasteiger partial charge in [0.05, 0.1) is 5.75 Å². The van der Waals surface area contributed by atoms with E-state index < -0.39 is 5.97 Å². The molecule has 108 valence electrons. The molecule has 1 aliphatic carbocycles.